The van der Waals surface area contributed by atoms with Crippen molar-refractivity contribution in [2.45, 2.75) is 35.5 Å². The second-order valence-corrected chi connectivity index (χ2v) is 9.56. The molecule has 0 saturated heterocycles. The molecule has 0 saturated carbocycles. The third kappa shape index (κ3) is 6.70. The van der Waals surface area contributed by atoms with E-state index in [4.69, 9.17) is 19.7 Å². The predicted molar refractivity (Wildman–Crippen MR) is 109 cm³/mol. The van der Waals surface area contributed by atoms with Crippen LogP contribution in [0, 0.1) is 0 Å². The van der Waals surface area contributed by atoms with Crippen LogP contribution in [-0.2, 0) is 19.7 Å². The zero-order valence-electron chi connectivity index (χ0n) is 15.6. The molecule has 0 amide bonds. The number of para-hydroxylation sites is 2. The first-order valence-corrected chi connectivity index (χ1v) is 12.0. The maximum atomic E-state index is 13.0. The molecule has 0 fully saturated rings. The summed E-state index contributed by atoms with van der Waals surface area (Å²) in [7, 11) is -3.68. The molecular weight excluding hydrogens is 400 g/mol. The summed E-state index contributed by atoms with van der Waals surface area (Å²) in [6.45, 7) is 0.948. The van der Waals surface area contributed by atoms with E-state index in [0.29, 0.717) is 60.2 Å². The van der Waals surface area contributed by atoms with Crippen molar-refractivity contribution in [3.8, 4) is 11.5 Å². The Morgan fingerprint density at radius 2 is 1.04 bits per heavy atom. The van der Waals surface area contributed by atoms with Gasteiger partial charge in [0.25, 0.3) is 0 Å². The maximum absolute atomic E-state index is 13.0. The van der Waals surface area contributed by atoms with Crippen molar-refractivity contribution >= 4 is 19.7 Å². The second kappa shape index (κ2) is 12.7. The van der Waals surface area contributed by atoms with Crippen LogP contribution in [0.3, 0.4) is 0 Å². The van der Waals surface area contributed by atoms with E-state index < -0.39 is 19.7 Å². The number of hydrogen-bond donors (Lipinski definition) is 2. The number of ether oxygens (including phenoxy) is 2. The zero-order chi connectivity index (χ0) is 20.2. The first-order chi connectivity index (χ1) is 13.7. The molecule has 28 heavy (non-hydrogen) atoms. The van der Waals surface area contributed by atoms with Crippen LogP contribution in [0.1, 0.15) is 25.7 Å². The summed E-state index contributed by atoms with van der Waals surface area (Å²) in [5.74, 6) is 0.849. The van der Waals surface area contributed by atoms with Gasteiger partial charge in [0.15, 0.2) is 19.7 Å². The Bertz CT molecular complexity index is 715. The third-order valence-corrected chi connectivity index (χ3v) is 7.38. The zero-order valence-corrected chi connectivity index (χ0v) is 17.3. The fourth-order valence-corrected chi connectivity index (χ4v) is 5.46. The van der Waals surface area contributed by atoms with E-state index in [1.54, 1.807) is 48.5 Å². The minimum absolute atomic E-state index is 0.0933. The van der Waals surface area contributed by atoms with Crippen LogP contribution in [0.25, 0.3) is 0 Å². The lowest BCUT2D eigenvalue weighted by molar-refractivity contribution is 0.250. The van der Waals surface area contributed by atoms with Crippen LogP contribution in [0.2, 0.25) is 0 Å². The highest BCUT2D eigenvalue weighted by Crippen LogP contribution is 2.30. The SMILES string of the molecule is O=S(c1ccccc1OCCCCO)S(=O)c1ccccc1OCCCCO. The van der Waals surface area contributed by atoms with Gasteiger partial charge in [-0.3, -0.25) is 0 Å². The molecule has 0 radical (unpaired) electrons. The molecule has 0 aliphatic carbocycles. The van der Waals surface area contributed by atoms with E-state index in [1.807, 2.05) is 0 Å². The molecule has 2 rings (SSSR count). The van der Waals surface area contributed by atoms with Gasteiger partial charge in [-0.05, 0) is 49.9 Å². The quantitative estimate of drug-likeness (QED) is 0.378. The predicted octanol–water partition coefficient (Wildman–Crippen LogP) is 2.82. The molecule has 6 nitrogen and oxygen atoms in total. The van der Waals surface area contributed by atoms with Crippen molar-refractivity contribution in [3.05, 3.63) is 48.5 Å². The van der Waals surface area contributed by atoms with Crippen molar-refractivity contribution in [3.63, 3.8) is 0 Å². The van der Waals surface area contributed by atoms with Crippen LogP contribution >= 0.6 is 0 Å². The average Bonchev–Trinajstić information content (AvgIpc) is 2.74. The summed E-state index contributed by atoms with van der Waals surface area (Å²) in [6.07, 6.45) is 2.59. The van der Waals surface area contributed by atoms with E-state index in [-0.39, 0.29) is 13.2 Å². The van der Waals surface area contributed by atoms with E-state index >= 15 is 0 Å². The Labute approximate surface area is 169 Å². The number of aliphatic hydroxyl groups excluding tert-OH is 2. The van der Waals surface area contributed by atoms with Gasteiger partial charge in [0.2, 0.25) is 0 Å². The molecule has 154 valence electrons. The Morgan fingerprint density at radius 3 is 1.43 bits per heavy atom. The molecule has 8 heteroatoms. The van der Waals surface area contributed by atoms with Gasteiger partial charge < -0.3 is 19.7 Å². The first-order valence-electron chi connectivity index (χ1n) is 9.18. The maximum Gasteiger partial charge on any atom is 0.152 e. The number of unbranched alkanes of at least 4 members (excludes halogenated alkanes) is 2. The van der Waals surface area contributed by atoms with E-state index in [2.05, 4.69) is 0 Å². The van der Waals surface area contributed by atoms with Crippen LogP contribution in [0.5, 0.6) is 11.5 Å². The highest BCUT2D eigenvalue weighted by atomic mass is 33.1. The number of aliphatic hydroxyl groups is 2. The first kappa shape index (κ1) is 22.5. The number of benzene rings is 2. The van der Waals surface area contributed by atoms with Gasteiger partial charge in [0.05, 0.1) is 23.0 Å². The Balaban J connectivity index is 2.14. The third-order valence-electron chi connectivity index (χ3n) is 3.81. The van der Waals surface area contributed by atoms with Crippen molar-refractivity contribution in [2.75, 3.05) is 26.4 Å². The van der Waals surface area contributed by atoms with Crippen LogP contribution in [-0.4, -0.2) is 45.1 Å². The van der Waals surface area contributed by atoms with Crippen LogP contribution in [0.4, 0.5) is 0 Å². The second-order valence-electron chi connectivity index (χ2n) is 5.92. The molecule has 2 atom stereocenters. The standard InChI is InChI=1S/C20H26O6S2/c21-13-5-7-15-25-17-9-1-3-11-19(17)27(23)28(24)20-12-4-2-10-18(20)26-16-8-6-14-22/h1-4,9-12,21-22H,5-8,13-16H2. The summed E-state index contributed by atoms with van der Waals surface area (Å²) < 4.78 is 37.3. The lowest BCUT2D eigenvalue weighted by Gasteiger charge is -2.13. The van der Waals surface area contributed by atoms with Crippen molar-refractivity contribution in [1.82, 2.24) is 0 Å². The summed E-state index contributed by atoms with van der Waals surface area (Å²) in [5.41, 5.74) is 0. The van der Waals surface area contributed by atoms with Crippen molar-refractivity contribution < 1.29 is 28.1 Å². The van der Waals surface area contributed by atoms with Gasteiger partial charge in [-0.2, -0.15) is 0 Å². The summed E-state index contributed by atoms with van der Waals surface area (Å²) in [6, 6.07) is 13.7. The summed E-state index contributed by atoms with van der Waals surface area (Å²) in [5, 5.41) is 17.7. The Morgan fingerprint density at radius 1 is 0.643 bits per heavy atom. The Kier molecular flexibility index (Phi) is 10.2. The van der Waals surface area contributed by atoms with Gasteiger partial charge in [-0.1, -0.05) is 24.3 Å². The highest BCUT2D eigenvalue weighted by molar-refractivity contribution is 8.61. The van der Waals surface area contributed by atoms with Gasteiger partial charge in [-0.15, -0.1) is 0 Å². The number of hydrogen-bond acceptors (Lipinski definition) is 6. The highest BCUT2D eigenvalue weighted by Gasteiger charge is 2.22. The smallest absolute Gasteiger partial charge is 0.152 e. The molecule has 0 aliphatic rings. The molecule has 0 heterocycles. The molecule has 0 bridgehead atoms. The van der Waals surface area contributed by atoms with E-state index in [0.717, 1.165) is 0 Å². The molecule has 2 unspecified atom stereocenters. The Hall–Kier alpha value is -1.74. The average molecular weight is 427 g/mol. The minimum Gasteiger partial charge on any atom is -0.492 e. The summed E-state index contributed by atoms with van der Waals surface area (Å²) in [4.78, 5) is 0.722. The van der Waals surface area contributed by atoms with Gasteiger partial charge in [0, 0.05) is 13.2 Å². The number of rotatable bonds is 13. The molecular formula is C20H26O6S2. The van der Waals surface area contributed by atoms with Crippen molar-refractivity contribution in [2.24, 2.45) is 0 Å². The van der Waals surface area contributed by atoms with E-state index in [1.165, 1.54) is 0 Å². The summed E-state index contributed by atoms with van der Waals surface area (Å²) >= 11 is 0. The van der Waals surface area contributed by atoms with Crippen molar-refractivity contribution in [1.29, 1.82) is 0 Å². The normalized spacial score (nSPS) is 13.1. The fourth-order valence-electron chi connectivity index (χ4n) is 2.37. The van der Waals surface area contributed by atoms with E-state index in [9.17, 15) is 8.42 Å². The van der Waals surface area contributed by atoms with Gasteiger partial charge >= 0.3 is 0 Å². The lowest BCUT2D eigenvalue weighted by Crippen LogP contribution is -2.08. The van der Waals surface area contributed by atoms with Crippen LogP contribution < -0.4 is 9.47 Å². The fraction of sp³-hybridized carbons (Fsp3) is 0.400. The lowest BCUT2D eigenvalue weighted by atomic mass is 10.3. The van der Waals surface area contributed by atoms with Gasteiger partial charge in [0.1, 0.15) is 11.5 Å². The monoisotopic (exact) mass is 426 g/mol. The minimum atomic E-state index is -1.84. The van der Waals surface area contributed by atoms with Crippen LogP contribution in [0.15, 0.2) is 58.3 Å². The molecule has 2 aromatic rings. The molecule has 2 aromatic carbocycles. The largest absolute Gasteiger partial charge is 0.492 e. The molecule has 0 aromatic heterocycles. The molecule has 0 spiro atoms. The molecule has 0 aliphatic heterocycles. The van der Waals surface area contributed by atoms with Gasteiger partial charge in [-0.25, -0.2) is 8.42 Å². The molecule has 2 N–H and O–H groups in total. The topological polar surface area (TPSA) is 93.1 Å².